The zero-order valence-corrected chi connectivity index (χ0v) is 10.7. The van der Waals surface area contributed by atoms with Crippen molar-refractivity contribution >= 4 is 22.6 Å². The molecule has 0 aromatic rings. The number of hydrogen-bond donors (Lipinski definition) is 1. The van der Waals surface area contributed by atoms with Crippen LogP contribution in [0.25, 0.3) is 0 Å². The molecule has 0 atom stereocenters. The zero-order valence-electron chi connectivity index (χ0n) is 9.11. The summed E-state index contributed by atoms with van der Waals surface area (Å²) in [5.41, 5.74) is 6.21. The predicted octanol–water partition coefficient (Wildman–Crippen LogP) is 0.275. The number of thioether (sulfide) groups is 1. The van der Waals surface area contributed by atoms with E-state index in [4.69, 9.17) is 5.73 Å². The third-order valence-electron chi connectivity index (χ3n) is 3.65. The van der Waals surface area contributed by atoms with Gasteiger partial charge in [-0.1, -0.05) is 0 Å². The molecule has 0 amide bonds. The molecule has 0 spiro atoms. The first-order chi connectivity index (χ1) is 7.27. The van der Waals surface area contributed by atoms with Gasteiger partial charge < -0.3 is 5.73 Å². The van der Waals surface area contributed by atoms with Gasteiger partial charge in [0.1, 0.15) is 0 Å². The summed E-state index contributed by atoms with van der Waals surface area (Å²) in [6.07, 6.45) is 2.42. The van der Waals surface area contributed by atoms with Crippen molar-refractivity contribution in [1.29, 1.82) is 0 Å². The maximum atomic E-state index is 11.3. The summed E-state index contributed by atoms with van der Waals surface area (Å²) in [4.78, 5) is 2.51. The van der Waals surface area contributed by atoms with Gasteiger partial charge in [0.2, 0.25) is 0 Å². The predicted molar refractivity (Wildman–Crippen MR) is 67.8 cm³/mol. The van der Waals surface area contributed by atoms with Crippen LogP contribution in [0.3, 0.4) is 0 Å². The van der Waals surface area contributed by atoms with E-state index in [9.17, 15) is 4.21 Å². The smallest absolute Gasteiger partial charge is 0.0363 e. The van der Waals surface area contributed by atoms with Gasteiger partial charge in [0.15, 0.2) is 0 Å². The summed E-state index contributed by atoms with van der Waals surface area (Å²) >= 11 is 2.03. The lowest BCUT2D eigenvalue weighted by Gasteiger charge is -2.47. The SMILES string of the molecule is NCC1(N2CCS(=O)CC2)CCSCC1. The second-order valence-corrected chi connectivity index (χ2v) is 7.30. The molecule has 0 unspecified atom stereocenters. The van der Waals surface area contributed by atoms with E-state index in [1.165, 1.54) is 24.3 Å². The van der Waals surface area contributed by atoms with E-state index >= 15 is 0 Å². The van der Waals surface area contributed by atoms with Gasteiger partial charge in [0.05, 0.1) is 0 Å². The second kappa shape index (κ2) is 5.17. The molecule has 2 aliphatic heterocycles. The van der Waals surface area contributed by atoms with Gasteiger partial charge in [-0.15, -0.1) is 0 Å². The molecule has 2 saturated heterocycles. The Labute approximate surface area is 98.6 Å². The molecule has 2 N–H and O–H groups in total. The molecule has 2 heterocycles. The molecule has 0 aromatic heterocycles. The van der Waals surface area contributed by atoms with Gasteiger partial charge in [-0.3, -0.25) is 9.11 Å². The average molecular weight is 248 g/mol. The third kappa shape index (κ3) is 2.57. The van der Waals surface area contributed by atoms with Gasteiger partial charge in [-0.2, -0.15) is 11.8 Å². The summed E-state index contributed by atoms with van der Waals surface area (Å²) in [7, 11) is -0.573. The lowest BCUT2D eigenvalue weighted by Crippen LogP contribution is -2.59. The van der Waals surface area contributed by atoms with Crippen LogP contribution in [0, 0.1) is 0 Å². The van der Waals surface area contributed by atoms with Crippen LogP contribution in [-0.4, -0.2) is 57.3 Å². The third-order valence-corrected chi connectivity index (χ3v) is 5.91. The summed E-state index contributed by atoms with van der Waals surface area (Å²) < 4.78 is 11.3. The van der Waals surface area contributed by atoms with Gasteiger partial charge in [0.25, 0.3) is 0 Å². The Bertz CT molecular complexity index is 232. The Morgan fingerprint density at radius 3 is 2.40 bits per heavy atom. The van der Waals surface area contributed by atoms with E-state index in [0.29, 0.717) is 0 Å². The molecular formula is C10H20N2OS2. The summed E-state index contributed by atoms with van der Waals surface area (Å²) in [6.45, 7) is 2.73. The molecule has 3 nitrogen and oxygen atoms in total. The minimum Gasteiger partial charge on any atom is -0.329 e. The van der Waals surface area contributed by atoms with E-state index in [1.807, 2.05) is 11.8 Å². The van der Waals surface area contributed by atoms with Crippen LogP contribution in [-0.2, 0) is 10.8 Å². The van der Waals surface area contributed by atoms with Gasteiger partial charge in [-0.05, 0) is 24.3 Å². The van der Waals surface area contributed by atoms with Crippen molar-refractivity contribution in [3.05, 3.63) is 0 Å². The van der Waals surface area contributed by atoms with Crippen molar-refractivity contribution in [3.8, 4) is 0 Å². The van der Waals surface area contributed by atoms with E-state index in [1.54, 1.807) is 0 Å². The minimum atomic E-state index is -0.573. The molecule has 15 heavy (non-hydrogen) atoms. The van der Waals surface area contributed by atoms with E-state index in [0.717, 1.165) is 31.1 Å². The maximum Gasteiger partial charge on any atom is 0.0363 e. The van der Waals surface area contributed by atoms with Crippen molar-refractivity contribution in [2.45, 2.75) is 18.4 Å². The van der Waals surface area contributed by atoms with Crippen LogP contribution in [0.5, 0.6) is 0 Å². The van der Waals surface area contributed by atoms with Crippen molar-refractivity contribution in [1.82, 2.24) is 4.90 Å². The van der Waals surface area contributed by atoms with E-state index < -0.39 is 10.8 Å². The van der Waals surface area contributed by atoms with Crippen molar-refractivity contribution < 1.29 is 4.21 Å². The molecule has 0 aliphatic carbocycles. The topological polar surface area (TPSA) is 46.3 Å². The van der Waals surface area contributed by atoms with Gasteiger partial charge >= 0.3 is 0 Å². The highest BCUT2D eigenvalue weighted by atomic mass is 32.2. The highest BCUT2D eigenvalue weighted by molar-refractivity contribution is 7.99. The van der Waals surface area contributed by atoms with Crippen LogP contribution in [0.1, 0.15) is 12.8 Å². The minimum absolute atomic E-state index is 0.232. The summed E-state index contributed by atoms with van der Waals surface area (Å²) in [5.74, 6) is 4.15. The highest BCUT2D eigenvalue weighted by Gasteiger charge is 2.38. The van der Waals surface area contributed by atoms with Crippen molar-refractivity contribution in [2.24, 2.45) is 5.73 Å². The first-order valence-corrected chi connectivity index (χ1v) is 8.29. The van der Waals surface area contributed by atoms with Crippen molar-refractivity contribution in [2.75, 3.05) is 42.6 Å². The Balaban J connectivity index is 2.01. The molecule has 88 valence electrons. The molecule has 0 bridgehead atoms. The number of rotatable bonds is 2. The van der Waals surface area contributed by atoms with Crippen LogP contribution in [0.4, 0.5) is 0 Å². The fourth-order valence-corrected chi connectivity index (χ4v) is 4.82. The summed E-state index contributed by atoms with van der Waals surface area (Å²) in [6, 6.07) is 0. The normalized spacial score (nSPS) is 29.1. The van der Waals surface area contributed by atoms with Crippen molar-refractivity contribution in [3.63, 3.8) is 0 Å². The number of nitrogens with two attached hydrogens (primary N) is 1. The quantitative estimate of drug-likeness (QED) is 0.762. The molecule has 0 saturated carbocycles. The molecule has 0 aromatic carbocycles. The van der Waals surface area contributed by atoms with E-state index in [2.05, 4.69) is 4.90 Å². The maximum absolute atomic E-state index is 11.3. The molecular weight excluding hydrogens is 228 g/mol. The monoisotopic (exact) mass is 248 g/mol. The average Bonchev–Trinajstić information content (AvgIpc) is 2.31. The Morgan fingerprint density at radius 1 is 1.27 bits per heavy atom. The molecule has 2 fully saturated rings. The fraction of sp³-hybridized carbons (Fsp3) is 1.00. The first kappa shape index (κ1) is 11.9. The Hall–Kier alpha value is 0.420. The fourth-order valence-electron chi connectivity index (χ4n) is 2.51. The Morgan fingerprint density at radius 2 is 1.87 bits per heavy atom. The molecule has 0 radical (unpaired) electrons. The largest absolute Gasteiger partial charge is 0.329 e. The zero-order chi connectivity index (χ0) is 10.7. The molecule has 5 heteroatoms. The second-order valence-electron chi connectivity index (χ2n) is 4.38. The van der Waals surface area contributed by atoms with Crippen LogP contribution in [0.2, 0.25) is 0 Å². The van der Waals surface area contributed by atoms with Gasteiger partial charge in [0, 0.05) is 47.5 Å². The molecule has 2 aliphatic rings. The van der Waals surface area contributed by atoms with Crippen LogP contribution >= 0.6 is 11.8 Å². The molecule has 2 rings (SSSR count). The Kier molecular flexibility index (Phi) is 4.10. The lowest BCUT2D eigenvalue weighted by atomic mass is 9.90. The van der Waals surface area contributed by atoms with Crippen LogP contribution in [0.15, 0.2) is 0 Å². The lowest BCUT2D eigenvalue weighted by molar-refractivity contribution is 0.0955. The number of hydrogen-bond acceptors (Lipinski definition) is 4. The first-order valence-electron chi connectivity index (χ1n) is 5.65. The van der Waals surface area contributed by atoms with Crippen LogP contribution < -0.4 is 5.73 Å². The van der Waals surface area contributed by atoms with E-state index in [-0.39, 0.29) is 5.54 Å². The number of nitrogens with zero attached hydrogens (tertiary/aromatic N) is 1. The van der Waals surface area contributed by atoms with Gasteiger partial charge in [-0.25, -0.2) is 0 Å². The summed E-state index contributed by atoms with van der Waals surface area (Å²) in [5, 5.41) is 0. The standard InChI is InChI=1S/C10H20N2OS2/c11-9-10(1-5-14-6-2-10)12-3-7-15(13)8-4-12/h1-9,11H2. The highest BCUT2D eigenvalue weighted by Crippen LogP contribution is 2.32.